The third-order valence-electron chi connectivity index (χ3n) is 3.46. The summed E-state index contributed by atoms with van der Waals surface area (Å²) >= 11 is 0. The minimum Gasteiger partial charge on any atom is -0.328 e. The highest BCUT2D eigenvalue weighted by atomic mass is 31.2. The van der Waals surface area contributed by atoms with Gasteiger partial charge in [0, 0.05) is 0 Å². The minimum absolute atomic E-state index is 0.201. The lowest BCUT2D eigenvalue weighted by molar-refractivity contribution is 0.161. The lowest BCUT2D eigenvalue weighted by Gasteiger charge is -2.18. The molecule has 0 aliphatic heterocycles. The van der Waals surface area contributed by atoms with Gasteiger partial charge < -0.3 is 14.3 Å². The highest BCUT2D eigenvalue weighted by Gasteiger charge is 2.15. The van der Waals surface area contributed by atoms with Crippen molar-refractivity contribution in [2.24, 2.45) is 0 Å². The van der Waals surface area contributed by atoms with Crippen molar-refractivity contribution in [3.05, 3.63) is 35.9 Å². The Morgan fingerprint density at radius 2 is 1.55 bits per heavy atom. The summed E-state index contributed by atoms with van der Waals surface area (Å²) in [7, 11) is -2.30. The molecule has 2 N–H and O–H groups in total. The first kappa shape index (κ1) is 17.6. The second-order valence-electron chi connectivity index (χ2n) is 5.17. The van der Waals surface area contributed by atoms with Crippen LogP contribution in [-0.4, -0.2) is 9.79 Å². The van der Waals surface area contributed by atoms with E-state index in [1.54, 1.807) is 0 Å². The van der Waals surface area contributed by atoms with Gasteiger partial charge in [0.15, 0.2) is 0 Å². The Morgan fingerprint density at radius 3 is 2.15 bits per heavy atom. The van der Waals surface area contributed by atoms with Gasteiger partial charge in [-0.15, -0.1) is 0 Å². The molecule has 1 rings (SSSR count). The Morgan fingerprint density at radius 1 is 0.950 bits per heavy atom. The molecule has 3 nitrogen and oxygen atoms in total. The van der Waals surface area contributed by atoms with Gasteiger partial charge in [0.2, 0.25) is 0 Å². The molecule has 114 valence electrons. The van der Waals surface area contributed by atoms with E-state index in [4.69, 9.17) is 14.3 Å². The van der Waals surface area contributed by atoms with E-state index < -0.39 is 8.60 Å². The van der Waals surface area contributed by atoms with Crippen molar-refractivity contribution in [1.29, 1.82) is 0 Å². The van der Waals surface area contributed by atoms with Crippen LogP contribution >= 0.6 is 8.60 Å². The molecule has 0 radical (unpaired) electrons. The molecule has 0 aromatic heterocycles. The summed E-state index contributed by atoms with van der Waals surface area (Å²) in [6.07, 6.45) is 9.39. The zero-order chi connectivity index (χ0) is 14.6. The molecule has 0 aliphatic carbocycles. The summed E-state index contributed by atoms with van der Waals surface area (Å²) in [4.78, 5) is 18.2. The van der Waals surface area contributed by atoms with Gasteiger partial charge in [-0.1, -0.05) is 82.2 Å². The molecule has 1 unspecified atom stereocenters. The quantitative estimate of drug-likeness (QED) is 0.441. The number of unbranched alkanes of at least 4 members (excludes halogenated alkanes) is 6. The summed E-state index contributed by atoms with van der Waals surface area (Å²) in [5, 5.41) is 0. The van der Waals surface area contributed by atoms with Gasteiger partial charge in [0.05, 0.1) is 6.10 Å². The number of benzene rings is 1. The van der Waals surface area contributed by atoms with Crippen LogP contribution < -0.4 is 0 Å². The van der Waals surface area contributed by atoms with Gasteiger partial charge in [-0.25, -0.2) is 0 Å². The van der Waals surface area contributed by atoms with Crippen molar-refractivity contribution in [2.45, 2.75) is 64.4 Å². The number of hydrogen-bond acceptors (Lipinski definition) is 3. The first-order chi connectivity index (χ1) is 9.74. The fraction of sp³-hybridized carbons (Fsp3) is 0.625. The van der Waals surface area contributed by atoms with Gasteiger partial charge >= 0.3 is 8.60 Å². The summed E-state index contributed by atoms with van der Waals surface area (Å²) in [6.45, 7) is 2.23. The van der Waals surface area contributed by atoms with Crippen LogP contribution in [0.3, 0.4) is 0 Å². The largest absolute Gasteiger partial charge is 0.328 e. The third kappa shape index (κ3) is 7.96. The first-order valence-electron chi connectivity index (χ1n) is 7.63. The monoisotopic (exact) mass is 298 g/mol. The molecule has 1 aromatic carbocycles. The van der Waals surface area contributed by atoms with Crippen LogP contribution in [0.5, 0.6) is 0 Å². The zero-order valence-electron chi connectivity index (χ0n) is 12.4. The van der Waals surface area contributed by atoms with Gasteiger partial charge in [0.1, 0.15) is 0 Å². The fourth-order valence-electron chi connectivity index (χ4n) is 2.35. The first-order valence-corrected chi connectivity index (χ1v) is 8.80. The second-order valence-corrected chi connectivity index (χ2v) is 5.88. The minimum atomic E-state index is -2.30. The highest BCUT2D eigenvalue weighted by molar-refractivity contribution is 7.39. The predicted octanol–water partition coefficient (Wildman–Crippen LogP) is 5.10. The average molecular weight is 298 g/mol. The maximum atomic E-state index is 9.08. The third-order valence-corrected chi connectivity index (χ3v) is 3.91. The molecule has 4 heteroatoms. The van der Waals surface area contributed by atoms with E-state index in [9.17, 15) is 0 Å². The maximum Gasteiger partial charge on any atom is 0.327 e. The van der Waals surface area contributed by atoms with Gasteiger partial charge in [-0.05, 0) is 12.0 Å². The van der Waals surface area contributed by atoms with E-state index in [1.807, 2.05) is 30.3 Å². The molecule has 20 heavy (non-hydrogen) atoms. The van der Waals surface area contributed by atoms with Crippen molar-refractivity contribution in [3.63, 3.8) is 0 Å². The van der Waals surface area contributed by atoms with E-state index in [2.05, 4.69) is 6.92 Å². The molecular weight excluding hydrogens is 271 g/mol. The Bertz CT molecular complexity index is 330. The van der Waals surface area contributed by atoms with Crippen LogP contribution in [0, 0.1) is 0 Å². The van der Waals surface area contributed by atoms with Gasteiger partial charge in [-0.3, -0.25) is 0 Å². The number of hydrogen-bond donors (Lipinski definition) is 2. The Kier molecular flexibility index (Phi) is 9.86. The predicted molar refractivity (Wildman–Crippen MR) is 84.2 cm³/mol. The molecule has 0 aliphatic rings. The summed E-state index contributed by atoms with van der Waals surface area (Å²) in [5.74, 6) is 0. The van der Waals surface area contributed by atoms with Crippen LogP contribution in [0.25, 0.3) is 0 Å². The molecular formula is C16H27O3P. The Balaban J connectivity index is 2.28. The Hall–Kier alpha value is -0.470. The standard InChI is InChI=1S/C16H27O3P/c1-2-3-4-5-6-7-11-14-16(19-20(17)18)15-12-9-8-10-13-15/h8-10,12-13,16-18H,2-7,11,14H2,1H3. The molecule has 0 saturated carbocycles. The Labute approximate surface area is 124 Å². The zero-order valence-corrected chi connectivity index (χ0v) is 13.3. The fourth-order valence-corrected chi connectivity index (χ4v) is 2.80. The molecule has 0 bridgehead atoms. The van der Waals surface area contributed by atoms with Crippen molar-refractivity contribution in [2.75, 3.05) is 0 Å². The topological polar surface area (TPSA) is 49.7 Å². The van der Waals surface area contributed by atoms with Gasteiger partial charge in [0.25, 0.3) is 0 Å². The van der Waals surface area contributed by atoms with Crippen LogP contribution in [0.1, 0.15) is 70.0 Å². The smallest absolute Gasteiger partial charge is 0.327 e. The molecule has 0 spiro atoms. The lowest BCUT2D eigenvalue weighted by atomic mass is 10.0. The summed E-state index contributed by atoms with van der Waals surface area (Å²) in [5.41, 5.74) is 1.02. The van der Waals surface area contributed by atoms with Crippen molar-refractivity contribution >= 4 is 8.60 Å². The molecule has 1 aromatic rings. The lowest BCUT2D eigenvalue weighted by Crippen LogP contribution is -2.01. The molecule has 0 heterocycles. The van der Waals surface area contributed by atoms with E-state index in [0.717, 1.165) is 18.4 Å². The number of rotatable bonds is 11. The molecule has 0 saturated heterocycles. The van der Waals surface area contributed by atoms with Crippen LogP contribution in [-0.2, 0) is 4.52 Å². The van der Waals surface area contributed by atoms with Crippen LogP contribution in [0.15, 0.2) is 30.3 Å². The SMILES string of the molecule is CCCCCCCCCC(OP(O)O)c1ccccc1. The second kappa shape index (κ2) is 11.2. The summed E-state index contributed by atoms with van der Waals surface area (Å²) in [6, 6.07) is 9.81. The van der Waals surface area contributed by atoms with Crippen LogP contribution in [0.4, 0.5) is 0 Å². The van der Waals surface area contributed by atoms with Crippen LogP contribution in [0.2, 0.25) is 0 Å². The van der Waals surface area contributed by atoms with Gasteiger partial charge in [-0.2, -0.15) is 0 Å². The van der Waals surface area contributed by atoms with E-state index in [1.165, 1.54) is 38.5 Å². The van der Waals surface area contributed by atoms with Crippen molar-refractivity contribution < 1.29 is 14.3 Å². The average Bonchev–Trinajstić information content (AvgIpc) is 2.45. The van der Waals surface area contributed by atoms with E-state index in [0.29, 0.717) is 0 Å². The van der Waals surface area contributed by atoms with Crippen molar-refractivity contribution in [1.82, 2.24) is 0 Å². The normalized spacial score (nSPS) is 12.8. The molecule has 1 atom stereocenters. The van der Waals surface area contributed by atoms with E-state index in [-0.39, 0.29) is 6.10 Å². The molecule has 0 fully saturated rings. The van der Waals surface area contributed by atoms with E-state index >= 15 is 0 Å². The summed E-state index contributed by atoms with van der Waals surface area (Å²) < 4.78 is 5.26. The molecule has 0 amide bonds. The maximum absolute atomic E-state index is 9.08. The van der Waals surface area contributed by atoms with Crippen molar-refractivity contribution in [3.8, 4) is 0 Å². The highest BCUT2D eigenvalue weighted by Crippen LogP contribution is 2.37.